The second-order valence-corrected chi connectivity index (χ2v) is 10.3. The van der Waals surface area contributed by atoms with Crippen molar-refractivity contribution < 1.29 is 18.9 Å². The number of hydrogen-bond acceptors (Lipinski definition) is 4. The summed E-state index contributed by atoms with van der Waals surface area (Å²) >= 11 is 0. The molecule has 204 valence electrons. The SMILES string of the molecule is CC#Cc1ccc2c(c1)C(C)c1cc(C#Cc3ccc(OCC4CO4)cc3)ccc1-2.c1ccc(OCC2CO2)cc1. The first-order valence-electron chi connectivity index (χ1n) is 14.0. The molecule has 41 heavy (non-hydrogen) atoms. The Balaban J connectivity index is 0.000000229. The predicted octanol–water partition coefficient (Wildman–Crippen LogP) is 6.83. The van der Waals surface area contributed by atoms with Gasteiger partial charge in [-0.1, -0.05) is 55.0 Å². The molecule has 4 nitrogen and oxygen atoms in total. The first-order valence-corrected chi connectivity index (χ1v) is 14.0. The molecule has 0 radical (unpaired) electrons. The largest absolute Gasteiger partial charge is 0.491 e. The van der Waals surface area contributed by atoms with E-state index in [2.05, 4.69) is 67.0 Å². The van der Waals surface area contributed by atoms with Crippen molar-refractivity contribution in [1.82, 2.24) is 0 Å². The van der Waals surface area contributed by atoms with E-state index >= 15 is 0 Å². The summed E-state index contributed by atoms with van der Waals surface area (Å²) in [5, 5.41) is 0. The minimum Gasteiger partial charge on any atom is -0.491 e. The Hall–Kier alpha value is -4.48. The van der Waals surface area contributed by atoms with Crippen molar-refractivity contribution in [3.05, 3.63) is 119 Å². The monoisotopic (exact) mass is 540 g/mol. The molecule has 2 fully saturated rings. The second-order valence-electron chi connectivity index (χ2n) is 10.3. The average molecular weight is 541 g/mol. The highest BCUT2D eigenvalue weighted by Gasteiger charge is 2.26. The number of ether oxygens (including phenoxy) is 4. The van der Waals surface area contributed by atoms with Crippen LogP contribution in [0.25, 0.3) is 11.1 Å². The molecule has 2 aliphatic heterocycles. The molecule has 3 atom stereocenters. The molecule has 4 heteroatoms. The van der Waals surface area contributed by atoms with E-state index in [0.717, 1.165) is 41.4 Å². The van der Waals surface area contributed by atoms with Crippen LogP contribution in [0.5, 0.6) is 11.5 Å². The summed E-state index contributed by atoms with van der Waals surface area (Å²) in [5.74, 6) is 14.9. The zero-order valence-electron chi connectivity index (χ0n) is 23.4. The van der Waals surface area contributed by atoms with E-state index in [4.69, 9.17) is 18.9 Å². The minimum absolute atomic E-state index is 0.268. The van der Waals surface area contributed by atoms with Gasteiger partial charge in [0.1, 0.15) is 36.9 Å². The number of benzene rings is 4. The molecule has 4 aromatic carbocycles. The van der Waals surface area contributed by atoms with Crippen molar-refractivity contribution in [2.75, 3.05) is 26.4 Å². The van der Waals surface area contributed by atoms with Gasteiger partial charge >= 0.3 is 0 Å². The molecule has 0 spiro atoms. The van der Waals surface area contributed by atoms with Crippen LogP contribution in [0, 0.1) is 23.7 Å². The van der Waals surface area contributed by atoms with Crippen molar-refractivity contribution in [3.8, 4) is 46.3 Å². The van der Waals surface area contributed by atoms with E-state index in [1.165, 1.54) is 22.3 Å². The van der Waals surface area contributed by atoms with Crippen LogP contribution in [0.4, 0.5) is 0 Å². The summed E-state index contributed by atoms with van der Waals surface area (Å²) in [6.07, 6.45) is 0.610. The highest BCUT2D eigenvalue weighted by atomic mass is 16.6. The molecular formula is C37H32O4. The van der Waals surface area contributed by atoms with Crippen molar-refractivity contribution in [2.45, 2.75) is 32.0 Å². The van der Waals surface area contributed by atoms with E-state index < -0.39 is 0 Å². The third-order valence-corrected chi connectivity index (χ3v) is 7.22. The normalized spacial score (nSPS) is 18.6. The highest BCUT2D eigenvalue weighted by molar-refractivity contribution is 5.80. The van der Waals surface area contributed by atoms with Gasteiger partial charge in [0, 0.05) is 22.6 Å². The lowest BCUT2D eigenvalue weighted by Crippen LogP contribution is -2.03. The van der Waals surface area contributed by atoms with Crippen LogP contribution >= 0.6 is 0 Å². The lowest BCUT2D eigenvalue weighted by Gasteiger charge is -2.06. The molecule has 1 aliphatic carbocycles. The number of para-hydroxylation sites is 1. The van der Waals surface area contributed by atoms with E-state index in [1.807, 2.05) is 61.5 Å². The molecule has 2 saturated heterocycles. The quantitative estimate of drug-likeness (QED) is 0.199. The Labute approximate surface area is 242 Å². The fourth-order valence-corrected chi connectivity index (χ4v) is 4.80. The Bertz CT molecular complexity index is 1630. The van der Waals surface area contributed by atoms with Crippen LogP contribution in [0.15, 0.2) is 91.0 Å². The van der Waals surface area contributed by atoms with Gasteiger partial charge in [-0.3, -0.25) is 0 Å². The summed E-state index contributed by atoms with van der Waals surface area (Å²) in [4.78, 5) is 0. The molecule has 0 bridgehead atoms. The van der Waals surface area contributed by atoms with Gasteiger partial charge < -0.3 is 18.9 Å². The van der Waals surface area contributed by atoms with Crippen molar-refractivity contribution in [3.63, 3.8) is 0 Å². The summed E-state index contributed by atoms with van der Waals surface area (Å²) in [6.45, 7) is 7.10. The Kier molecular flexibility index (Phi) is 8.06. The van der Waals surface area contributed by atoms with Gasteiger partial charge in [-0.25, -0.2) is 0 Å². The van der Waals surface area contributed by atoms with Crippen LogP contribution < -0.4 is 9.47 Å². The molecule has 2 heterocycles. The molecule has 0 amide bonds. The third-order valence-electron chi connectivity index (χ3n) is 7.22. The van der Waals surface area contributed by atoms with Crippen molar-refractivity contribution >= 4 is 0 Å². The van der Waals surface area contributed by atoms with E-state index in [0.29, 0.717) is 25.2 Å². The van der Waals surface area contributed by atoms with Gasteiger partial charge in [0.25, 0.3) is 0 Å². The number of fused-ring (bicyclic) bond motifs is 3. The summed E-state index contributed by atoms with van der Waals surface area (Å²) < 4.78 is 21.3. The van der Waals surface area contributed by atoms with Gasteiger partial charge in [-0.2, -0.15) is 0 Å². The first-order chi connectivity index (χ1) is 20.2. The van der Waals surface area contributed by atoms with Gasteiger partial charge in [0.2, 0.25) is 0 Å². The van der Waals surface area contributed by atoms with Crippen LogP contribution in [-0.2, 0) is 9.47 Å². The van der Waals surface area contributed by atoms with Crippen LogP contribution in [0.3, 0.4) is 0 Å². The lowest BCUT2D eigenvalue weighted by atomic mass is 9.97. The first kappa shape index (κ1) is 26.7. The zero-order valence-corrected chi connectivity index (χ0v) is 23.4. The lowest BCUT2D eigenvalue weighted by molar-refractivity contribution is 0.263. The summed E-state index contributed by atoms with van der Waals surface area (Å²) in [5.41, 5.74) is 8.39. The molecule has 0 saturated carbocycles. The minimum atomic E-state index is 0.268. The van der Waals surface area contributed by atoms with E-state index in [9.17, 15) is 0 Å². The van der Waals surface area contributed by atoms with Crippen molar-refractivity contribution in [2.24, 2.45) is 0 Å². The van der Waals surface area contributed by atoms with Gasteiger partial charge in [-0.05, 0) is 89.8 Å². The summed E-state index contributed by atoms with van der Waals surface area (Å²) in [6, 6.07) is 30.8. The van der Waals surface area contributed by atoms with Crippen molar-refractivity contribution in [1.29, 1.82) is 0 Å². The van der Waals surface area contributed by atoms with Gasteiger partial charge in [-0.15, -0.1) is 5.92 Å². The molecule has 4 aromatic rings. The highest BCUT2D eigenvalue weighted by Crippen LogP contribution is 2.45. The second kappa shape index (κ2) is 12.4. The van der Waals surface area contributed by atoms with E-state index in [-0.39, 0.29) is 6.10 Å². The fraction of sp³-hybridized carbons (Fsp3) is 0.243. The fourth-order valence-electron chi connectivity index (χ4n) is 4.80. The number of rotatable bonds is 6. The number of epoxide rings is 2. The van der Waals surface area contributed by atoms with Gasteiger partial charge in [0.15, 0.2) is 0 Å². The Morgan fingerprint density at radius 3 is 1.66 bits per heavy atom. The maximum Gasteiger partial charge on any atom is 0.119 e. The van der Waals surface area contributed by atoms with E-state index in [1.54, 1.807) is 0 Å². The standard InChI is InChI=1S/C28H22O2.C9H10O2/c1-3-4-21-9-13-25-26-14-10-22(16-28(26)19(2)27(25)15-21)6-5-20-7-11-23(12-8-20)29-17-24-18-30-24;1-2-4-8(5-3-1)10-6-9-7-11-9/h7-16,19,24H,17-18H2,1-2H3;1-5,9H,6-7H2. The molecular weight excluding hydrogens is 508 g/mol. The van der Waals surface area contributed by atoms with Gasteiger partial charge in [0.05, 0.1) is 13.2 Å². The smallest absolute Gasteiger partial charge is 0.119 e. The molecule has 3 unspecified atom stereocenters. The Morgan fingerprint density at radius 2 is 1.12 bits per heavy atom. The van der Waals surface area contributed by atoms with Crippen LogP contribution in [0.1, 0.15) is 47.6 Å². The summed E-state index contributed by atoms with van der Waals surface area (Å²) in [7, 11) is 0. The topological polar surface area (TPSA) is 43.5 Å². The molecule has 0 N–H and O–H groups in total. The van der Waals surface area contributed by atoms with Crippen LogP contribution in [0.2, 0.25) is 0 Å². The zero-order chi connectivity index (χ0) is 28.0. The Morgan fingerprint density at radius 1 is 0.634 bits per heavy atom. The molecule has 0 aromatic heterocycles. The maximum absolute atomic E-state index is 5.68. The maximum atomic E-state index is 5.68. The average Bonchev–Trinajstić information content (AvgIpc) is 3.95. The molecule has 7 rings (SSSR count). The third kappa shape index (κ3) is 7.00. The molecule has 3 aliphatic rings. The van der Waals surface area contributed by atoms with Crippen LogP contribution in [-0.4, -0.2) is 38.6 Å². The predicted molar refractivity (Wildman–Crippen MR) is 161 cm³/mol. The number of hydrogen-bond donors (Lipinski definition) is 0.